The zero-order valence-electron chi connectivity index (χ0n) is 18.0. The fourth-order valence-corrected chi connectivity index (χ4v) is 8.64. The zero-order valence-corrected chi connectivity index (χ0v) is 18.9. The minimum Gasteiger partial charge on any atom is -0.200 e. The lowest BCUT2D eigenvalue weighted by molar-refractivity contribution is -0.439. The summed E-state index contributed by atoms with van der Waals surface area (Å²) in [5.41, 5.74) is -0.208. The molecule has 0 aromatic rings. The van der Waals surface area contributed by atoms with Crippen LogP contribution < -0.4 is 0 Å². The fourth-order valence-electron chi connectivity index (χ4n) is 4.72. The summed E-state index contributed by atoms with van der Waals surface area (Å²) in [4.78, 5) is 0. The van der Waals surface area contributed by atoms with Gasteiger partial charge in [-0.05, 0) is 43.2 Å². The van der Waals surface area contributed by atoms with Gasteiger partial charge in [-0.3, -0.25) is 0 Å². The Kier molecular flexibility index (Phi) is 8.85. The fraction of sp³-hybridized carbons (Fsp3) is 1.00. The molecule has 0 atom stereocenters. The molecule has 0 N–H and O–H groups in total. The molecular weight excluding hydrogens is 518 g/mol. The Morgan fingerprint density at radius 3 is 1.18 bits per heavy atom. The van der Waals surface area contributed by atoms with Gasteiger partial charge in [-0.25, -0.2) is 0 Å². The van der Waals surface area contributed by atoms with E-state index in [-0.39, 0.29) is 11.3 Å². The Morgan fingerprint density at radius 2 is 0.824 bits per heavy atom. The molecule has 0 aliphatic heterocycles. The third-order valence-electron chi connectivity index (χ3n) is 6.77. The first kappa shape index (κ1) is 29.7. The number of hydrogen-bond acceptors (Lipinski definition) is 0. The molecule has 2 aliphatic carbocycles. The first-order valence-corrected chi connectivity index (χ1v) is 12.7. The molecule has 14 heteroatoms. The van der Waals surface area contributed by atoms with E-state index in [1.807, 2.05) is 0 Å². The molecule has 0 heterocycles. The van der Waals surface area contributed by atoms with Crippen molar-refractivity contribution in [2.75, 3.05) is 6.16 Å². The van der Waals surface area contributed by atoms with Crippen molar-refractivity contribution in [2.24, 2.45) is 0 Å². The molecule has 0 nitrogen and oxygen atoms in total. The van der Waals surface area contributed by atoms with Crippen LogP contribution in [0.5, 0.6) is 0 Å². The highest BCUT2D eigenvalue weighted by atomic mass is 31.1. The van der Waals surface area contributed by atoms with Crippen molar-refractivity contribution >= 4 is 7.92 Å². The van der Waals surface area contributed by atoms with Crippen LogP contribution >= 0.6 is 7.92 Å². The van der Waals surface area contributed by atoms with Crippen LogP contribution in [0, 0.1) is 0 Å². The summed E-state index contributed by atoms with van der Waals surface area (Å²) in [5.74, 6) is -36.3. The molecule has 2 saturated carbocycles. The molecule has 0 spiro atoms. The maximum Gasteiger partial charge on any atom is 0.460 e. The molecule has 0 bridgehead atoms. The van der Waals surface area contributed by atoms with Crippen LogP contribution in [0.2, 0.25) is 0 Å². The average Bonchev–Trinajstić information content (AvgIpc) is 2.74. The molecule has 0 radical (unpaired) electrons. The average molecular weight is 544 g/mol. The predicted molar refractivity (Wildman–Crippen MR) is 101 cm³/mol. The second-order valence-corrected chi connectivity index (χ2v) is 12.0. The van der Waals surface area contributed by atoms with Crippen molar-refractivity contribution in [3.05, 3.63) is 0 Å². The van der Waals surface area contributed by atoms with E-state index in [0.29, 0.717) is 25.7 Å². The molecule has 2 rings (SSSR count). The molecule has 0 aromatic carbocycles. The lowest BCUT2D eigenvalue weighted by Crippen LogP contribution is -2.70. The van der Waals surface area contributed by atoms with E-state index in [2.05, 4.69) is 0 Å². The van der Waals surface area contributed by atoms with Crippen LogP contribution in [-0.4, -0.2) is 53.3 Å². The smallest absolute Gasteiger partial charge is 0.200 e. The van der Waals surface area contributed by atoms with Gasteiger partial charge >= 0.3 is 35.8 Å². The van der Waals surface area contributed by atoms with Crippen LogP contribution in [0.25, 0.3) is 0 Å². The molecule has 0 aromatic heterocycles. The van der Waals surface area contributed by atoms with E-state index in [9.17, 15) is 57.1 Å². The van der Waals surface area contributed by atoms with E-state index >= 15 is 0 Å². The van der Waals surface area contributed by atoms with Crippen LogP contribution in [0.4, 0.5) is 57.1 Å². The lowest BCUT2D eigenvalue weighted by Gasteiger charge is -2.42. The molecule has 0 unspecified atom stereocenters. The third kappa shape index (κ3) is 5.29. The highest BCUT2D eigenvalue weighted by molar-refractivity contribution is 7.59. The summed E-state index contributed by atoms with van der Waals surface area (Å²) in [6.07, 6.45) is -2.77. The SMILES string of the molecule is FC(F)(F)C(F)(F)C(F)(F)C(F)(F)C(F)(F)C(F)(F)CCP(C1CCCCC1)C1CCCCC1. The monoisotopic (exact) mass is 544 g/mol. The zero-order chi connectivity index (χ0) is 26.2. The molecule has 0 saturated heterocycles. The van der Waals surface area contributed by atoms with Gasteiger partial charge in [-0.2, -0.15) is 57.1 Å². The summed E-state index contributed by atoms with van der Waals surface area (Å²) in [6, 6.07) is 0. The Hall–Kier alpha value is -0.480. The molecule has 202 valence electrons. The van der Waals surface area contributed by atoms with E-state index in [4.69, 9.17) is 0 Å². The van der Waals surface area contributed by atoms with Crippen molar-refractivity contribution in [1.29, 1.82) is 0 Å². The molecule has 0 amide bonds. The van der Waals surface area contributed by atoms with Crippen molar-refractivity contribution < 1.29 is 57.1 Å². The van der Waals surface area contributed by atoms with Crippen LogP contribution in [0.1, 0.15) is 70.6 Å². The summed E-state index contributed by atoms with van der Waals surface area (Å²) in [6.45, 7) is 0. The van der Waals surface area contributed by atoms with Gasteiger partial charge in [-0.15, -0.1) is 7.92 Å². The van der Waals surface area contributed by atoms with Crippen LogP contribution in [-0.2, 0) is 0 Å². The van der Waals surface area contributed by atoms with Crippen LogP contribution in [0.15, 0.2) is 0 Å². The first-order valence-electron chi connectivity index (χ1n) is 11.0. The van der Waals surface area contributed by atoms with Crippen molar-refractivity contribution in [2.45, 2.75) is 118 Å². The van der Waals surface area contributed by atoms with Gasteiger partial charge in [-0.1, -0.05) is 38.5 Å². The Bertz CT molecular complexity index is 644. The van der Waals surface area contributed by atoms with Gasteiger partial charge in [0.1, 0.15) is 0 Å². The maximum atomic E-state index is 14.3. The predicted octanol–water partition coefficient (Wildman–Crippen LogP) is 9.26. The summed E-state index contributed by atoms with van der Waals surface area (Å²) < 4.78 is 174. The topological polar surface area (TPSA) is 0 Å². The Balaban J connectivity index is 2.28. The van der Waals surface area contributed by atoms with Crippen molar-refractivity contribution in [1.82, 2.24) is 0 Å². The van der Waals surface area contributed by atoms with Crippen molar-refractivity contribution in [3.63, 3.8) is 0 Å². The minimum absolute atomic E-state index is 0.104. The van der Waals surface area contributed by atoms with Gasteiger partial charge in [0.15, 0.2) is 0 Å². The lowest BCUT2D eigenvalue weighted by atomic mass is 9.93. The number of halogens is 13. The van der Waals surface area contributed by atoms with E-state index in [1.54, 1.807) is 0 Å². The Morgan fingerprint density at radius 1 is 0.471 bits per heavy atom. The summed E-state index contributed by atoms with van der Waals surface area (Å²) in [5, 5.41) is 0. The first-order chi connectivity index (χ1) is 15.3. The molecule has 2 aliphatic rings. The largest absolute Gasteiger partial charge is 0.460 e. The second-order valence-electron chi connectivity index (χ2n) is 9.07. The third-order valence-corrected chi connectivity index (χ3v) is 10.4. The quantitative estimate of drug-likeness (QED) is 0.201. The standard InChI is InChI=1S/C20H26F13P/c21-15(22,16(23,24)17(25,26)18(27,28)19(29,30)20(31,32)33)11-12-34(13-7-3-1-4-8-13)14-9-5-2-6-10-14/h13-14H,1-12H2. The van der Waals surface area contributed by atoms with E-state index in [0.717, 1.165) is 38.5 Å². The van der Waals surface area contributed by atoms with Gasteiger partial charge in [0.25, 0.3) is 0 Å². The maximum absolute atomic E-state index is 14.3. The summed E-state index contributed by atoms with van der Waals surface area (Å²) >= 11 is 0. The highest BCUT2D eigenvalue weighted by Crippen LogP contribution is 2.62. The van der Waals surface area contributed by atoms with E-state index < -0.39 is 56.3 Å². The minimum atomic E-state index is -7.82. The van der Waals surface area contributed by atoms with Crippen LogP contribution in [0.3, 0.4) is 0 Å². The summed E-state index contributed by atoms with van der Waals surface area (Å²) in [7, 11) is -1.39. The highest BCUT2D eigenvalue weighted by Gasteiger charge is 2.90. The Labute approximate surface area is 189 Å². The van der Waals surface area contributed by atoms with Gasteiger partial charge < -0.3 is 0 Å². The number of rotatable bonds is 9. The molecule has 2 fully saturated rings. The molecule has 34 heavy (non-hydrogen) atoms. The molecular formula is C20H26F13P. The van der Waals surface area contributed by atoms with Gasteiger partial charge in [0.05, 0.1) is 0 Å². The number of alkyl halides is 13. The normalized spacial score (nSPS) is 21.4. The van der Waals surface area contributed by atoms with E-state index in [1.165, 1.54) is 0 Å². The number of hydrogen-bond donors (Lipinski definition) is 0. The van der Waals surface area contributed by atoms with Gasteiger partial charge in [0, 0.05) is 6.42 Å². The van der Waals surface area contributed by atoms with Crippen molar-refractivity contribution in [3.8, 4) is 0 Å². The van der Waals surface area contributed by atoms with Gasteiger partial charge in [0.2, 0.25) is 0 Å². The second kappa shape index (κ2) is 10.1.